The van der Waals surface area contributed by atoms with Crippen LogP contribution in [-0.2, 0) is 0 Å². The van der Waals surface area contributed by atoms with Gasteiger partial charge in [0.1, 0.15) is 5.69 Å². The largest absolute Gasteiger partial charge is 0.248 e. The Kier molecular flexibility index (Phi) is 9.18. The van der Waals surface area contributed by atoms with Crippen LogP contribution in [0.5, 0.6) is 0 Å². The minimum absolute atomic E-state index is 0.959. The molecule has 0 N–H and O–H groups in total. The van der Waals surface area contributed by atoms with Crippen LogP contribution in [0.25, 0.3) is 106 Å². The van der Waals surface area contributed by atoms with Crippen molar-refractivity contribution in [1.29, 1.82) is 0 Å². The molecule has 0 saturated heterocycles. The number of fused-ring (bicyclic) bond motifs is 3. The molecule has 0 atom stereocenters. The molecule has 0 unspecified atom stereocenters. The Labute approximate surface area is 355 Å². The molecule has 0 fully saturated rings. The highest BCUT2D eigenvalue weighted by Crippen LogP contribution is 2.42. The number of hydrogen-bond donors (Lipinski definition) is 0. The third-order valence-corrected chi connectivity index (χ3v) is 11.6. The van der Waals surface area contributed by atoms with E-state index in [1.165, 1.54) is 10.9 Å². The fraction of sp³-hybridized carbons (Fsp3) is 0. The second-order valence-electron chi connectivity index (χ2n) is 15.4. The number of pyridine rings is 2. The zero-order valence-electron chi connectivity index (χ0n) is 33.4. The van der Waals surface area contributed by atoms with Crippen LogP contribution >= 0.6 is 0 Å². The Morgan fingerprint density at radius 2 is 0.738 bits per heavy atom. The number of rotatable bonds is 8. The Balaban J connectivity index is 1.02. The van der Waals surface area contributed by atoms with E-state index in [0.29, 0.717) is 0 Å². The highest BCUT2D eigenvalue weighted by Gasteiger charge is 2.22. The molecule has 0 bridgehead atoms. The standard InChI is InChI=1S/C58H39N3/c1-6-17-42(18-7-1)53-37-51(38-54(59-53)43-19-8-2-9-20-43)41-31-29-40(30-32-41)47-27-16-28-48(35-47)49-33-34-50-39-55(44-21-10-3-11-22-44)61-58(52(50)36-49)56(45-23-12-4-13-24-45)57(60-61)46-25-14-5-15-26-46/h1-39H. The van der Waals surface area contributed by atoms with Gasteiger partial charge in [0.2, 0.25) is 0 Å². The summed E-state index contributed by atoms with van der Waals surface area (Å²) in [5.74, 6) is 0. The molecule has 61 heavy (non-hydrogen) atoms. The van der Waals surface area contributed by atoms with Crippen LogP contribution in [0.1, 0.15) is 0 Å². The minimum Gasteiger partial charge on any atom is -0.248 e. The molecule has 3 heteroatoms. The van der Waals surface area contributed by atoms with E-state index in [1.807, 2.05) is 12.1 Å². The first-order chi connectivity index (χ1) is 30.2. The van der Waals surface area contributed by atoms with Crippen LogP contribution in [0, 0.1) is 0 Å². The minimum atomic E-state index is 0.959. The Morgan fingerprint density at radius 1 is 0.295 bits per heavy atom. The summed E-state index contributed by atoms with van der Waals surface area (Å²) in [5, 5.41) is 7.75. The van der Waals surface area contributed by atoms with Gasteiger partial charge in [0.15, 0.2) is 0 Å². The van der Waals surface area contributed by atoms with E-state index in [0.717, 1.165) is 94.9 Å². The van der Waals surface area contributed by atoms with Gasteiger partial charge in [0.05, 0.1) is 22.6 Å². The molecule has 0 aliphatic rings. The van der Waals surface area contributed by atoms with E-state index < -0.39 is 0 Å². The molecule has 286 valence electrons. The zero-order chi connectivity index (χ0) is 40.5. The van der Waals surface area contributed by atoms with E-state index in [1.54, 1.807) is 0 Å². The van der Waals surface area contributed by atoms with Gasteiger partial charge in [0.25, 0.3) is 0 Å². The van der Waals surface area contributed by atoms with Gasteiger partial charge >= 0.3 is 0 Å². The van der Waals surface area contributed by atoms with E-state index in [2.05, 4.69) is 229 Å². The average Bonchev–Trinajstić information content (AvgIpc) is 3.76. The lowest BCUT2D eigenvalue weighted by Crippen LogP contribution is -1.96. The number of nitrogens with zero attached hydrogens (tertiary/aromatic N) is 3. The van der Waals surface area contributed by atoms with Crippen LogP contribution in [-0.4, -0.2) is 14.6 Å². The highest BCUT2D eigenvalue weighted by atomic mass is 15.2. The molecular weight excluding hydrogens is 739 g/mol. The normalized spacial score (nSPS) is 11.3. The van der Waals surface area contributed by atoms with E-state index in [4.69, 9.17) is 10.1 Å². The number of benzene rings is 8. The zero-order valence-corrected chi connectivity index (χ0v) is 33.4. The van der Waals surface area contributed by atoms with Gasteiger partial charge in [-0.05, 0) is 74.7 Å². The van der Waals surface area contributed by atoms with Gasteiger partial charge in [0, 0.05) is 33.2 Å². The summed E-state index contributed by atoms with van der Waals surface area (Å²) in [6, 6.07) is 84.0. The molecule has 0 aliphatic carbocycles. The van der Waals surface area contributed by atoms with Crippen molar-refractivity contribution in [2.24, 2.45) is 0 Å². The smallest absolute Gasteiger partial charge is 0.101 e. The van der Waals surface area contributed by atoms with Crippen molar-refractivity contribution in [3.63, 3.8) is 0 Å². The molecule has 3 heterocycles. The van der Waals surface area contributed by atoms with Crippen LogP contribution in [0.15, 0.2) is 237 Å². The van der Waals surface area contributed by atoms with Crippen molar-refractivity contribution < 1.29 is 0 Å². The van der Waals surface area contributed by atoms with Crippen LogP contribution in [0.4, 0.5) is 0 Å². The second-order valence-corrected chi connectivity index (χ2v) is 15.4. The molecule has 8 aromatic carbocycles. The molecular formula is C58H39N3. The van der Waals surface area contributed by atoms with Crippen molar-refractivity contribution in [3.05, 3.63) is 237 Å². The van der Waals surface area contributed by atoms with Crippen LogP contribution in [0.2, 0.25) is 0 Å². The van der Waals surface area contributed by atoms with Crippen molar-refractivity contribution >= 4 is 16.3 Å². The monoisotopic (exact) mass is 777 g/mol. The van der Waals surface area contributed by atoms with Gasteiger partial charge < -0.3 is 0 Å². The average molecular weight is 778 g/mol. The van der Waals surface area contributed by atoms with Gasteiger partial charge in [-0.3, -0.25) is 0 Å². The van der Waals surface area contributed by atoms with Gasteiger partial charge in [-0.1, -0.05) is 206 Å². The fourth-order valence-corrected chi connectivity index (χ4v) is 8.55. The lowest BCUT2D eigenvalue weighted by Gasteiger charge is -2.13. The number of aromatic nitrogens is 3. The summed E-state index contributed by atoms with van der Waals surface area (Å²) >= 11 is 0. The maximum atomic E-state index is 5.42. The first kappa shape index (κ1) is 36.0. The Hall–Kier alpha value is -8.14. The molecule has 3 aromatic heterocycles. The molecule has 0 aliphatic heterocycles. The molecule has 0 spiro atoms. The molecule has 0 saturated carbocycles. The SMILES string of the molecule is c1ccc(-c2cc(-c3ccc(-c4cccc(-c5ccc6cc(-c7ccccc7)n7nc(-c8ccccc8)c(-c8ccccc8)c7c6c5)c4)cc3)cc(-c3ccccc3)n2)cc1. The van der Waals surface area contributed by atoms with E-state index in [-0.39, 0.29) is 0 Å². The van der Waals surface area contributed by atoms with Crippen molar-refractivity contribution in [2.45, 2.75) is 0 Å². The highest BCUT2D eigenvalue weighted by molar-refractivity contribution is 6.09. The summed E-state index contributed by atoms with van der Waals surface area (Å²) in [6.45, 7) is 0. The molecule has 11 rings (SSSR count). The summed E-state index contributed by atoms with van der Waals surface area (Å²) < 4.78 is 2.17. The van der Waals surface area contributed by atoms with Crippen molar-refractivity contribution in [1.82, 2.24) is 14.6 Å². The summed E-state index contributed by atoms with van der Waals surface area (Å²) in [4.78, 5) is 5.09. The molecule has 11 aromatic rings. The third kappa shape index (κ3) is 6.88. The second kappa shape index (κ2) is 15.6. The quantitative estimate of drug-likeness (QED) is 0.154. The van der Waals surface area contributed by atoms with Gasteiger partial charge in [-0.2, -0.15) is 5.10 Å². The van der Waals surface area contributed by atoms with Crippen molar-refractivity contribution in [3.8, 4) is 89.5 Å². The Morgan fingerprint density at radius 3 is 1.31 bits per heavy atom. The first-order valence-corrected chi connectivity index (χ1v) is 20.7. The fourth-order valence-electron chi connectivity index (χ4n) is 8.55. The summed E-state index contributed by atoms with van der Waals surface area (Å²) in [7, 11) is 0. The van der Waals surface area contributed by atoms with Crippen LogP contribution < -0.4 is 0 Å². The molecule has 3 nitrogen and oxygen atoms in total. The van der Waals surface area contributed by atoms with Crippen LogP contribution in [0.3, 0.4) is 0 Å². The third-order valence-electron chi connectivity index (χ3n) is 11.6. The Bertz CT molecular complexity index is 3250. The summed E-state index contributed by atoms with van der Waals surface area (Å²) in [6.07, 6.45) is 0. The lowest BCUT2D eigenvalue weighted by molar-refractivity contribution is 0.979. The van der Waals surface area contributed by atoms with E-state index >= 15 is 0 Å². The predicted molar refractivity (Wildman–Crippen MR) is 254 cm³/mol. The van der Waals surface area contributed by atoms with Gasteiger partial charge in [-0.25, -0.2) is 9.50 Å². The van der Waals surface area contributed by atoms with E-state index in [9.17, 15) is 0 Å². The predicted octanol–water partition coefficient (Wildman–Crippen LogP) is 15.2. The maximum Gasteiger partial charge on any atom is 0.101 e. The first-order valence-electron chi connectivity index (χ1n) is 20.7. The number of hydrogen-bond acceptors (Lipinski definition) is 2. The van der Waals surface area contributed by atoms with Gasteiger partial charge in [-0.15, -0.1) is 0 Å². The topological polar surface area (TPSA) is 30.2 Å². The molecule has 0 amide bonds. The molecule has 0 radical (unpaired) electrons. The summed E-state index contributed by atoms with van der Waals surface area (Å²) in [5.41, 5.74) is 18.6. The van der Waals surface area contributed by atoms with Crippen molar-refractivity contribution in [2.75, 3.05) is 0 Å². The maximum absolute atomic E-state index is 5.42. The lowest BCUT2D eigenvalue weighted by atomic mass is 9.93.